The minimum atomic E-state index is -0.405. The van der Waals surface area contributed by atoms with Gasteiger partial charge in [0.25, 0.3) is 0 Å². The Labute approximate surface area is 117 Å². The molecule has 0 spiro atoms. The second-order valence-electron chi connectivity index (χ2n) is 4.58. The molecular formula is C14H17ClFN3. The monoisotopic (exact) mass is 281 g/mol. The van der Waals surface area contributed by atoms with Crippen molar-refractivity contribution in [1.29, 1.82) is 0 Å². The Morgan fingerprint density at radius 1 is 1.42 bits per heavy atom. The molecule has 0 bridgehead atoms. The number of nitrogens with two attached hydrogens (primary N) is 1. The molecule has 0 amide bonds. The van der Waals surface area contributed by atoms with Gasteiger partial charge in [-0.25, -0.2) is 4.39 Å². The first-order chi connectivity index (χ1) is 9.01. The van der Waals surface area contributed by atoms with E-state index in [2.05, 4.69) is 5.10 Å². The van der Waals surface area contributed by atoms with Gasteiger partial charge < -0.3 is 5.73 Å². The van der Waals surface area contributed by atoms with Gasteiger partial charge in [0.1, 0.15) is 5.82 Å². The first-order valence-electron chi connectivity index (χ1n) is 6.23. The van der Waals surface area contributed by atoms with E-state index in [9.17, 15) is 4.39 Å². The van der Waals surface area contributed by atoms with E-state index in [-0.39, 0.29) is 5.82 Å². The lowest BCUT2D eigenvalue weighted by molar-refractivity contribution is 0.569. The third-order valence-corrected chi connectivity index (χ3v) is 3.42. The van der Waals surface area contributed by atoms with Crippen LogP contribution >= 0.6 is 11.6 Å². The van der Waals surface area contributed by atoms with Crippen molar-refractivity contribution >= 4 is 11.6 Å². The zero-order valence-electron chi connectivity index (χ0n) is 11.0. The van der Waals surface area contributed by atoms with Crippen LogP contribution in [-0.2, 0) is 19.9 Å². The molecule has 102 valence electrons. The molecule has 1 aromatic heterocycles. The standard InChI is InChI=1S/C14H17ClFN3/c1-3-10-7-11(19(2)18-10)8-14(17)12-5-4-9(15)6-13(12)16/h4-7,14H,3,8,17H2,1-2H3. The largest absolute Gasteiger partial charge is 0.324 e. The van der Waals surface area contributed by atoms with Gasteiger partial charge in [-0.05, 0) is 24.6 Å². The lowest BCUT2D eigenvalue weighted by atomic mass is 10.0. The molecule has 2 N–H and O–H groups in total. The van der Waals surface area contributed by atoms with Crippen molar-refractivity contribution in [2.24, 2.45) is 12.8 Å². The maximum Gasteiger partial charge on any atom is 0.129 e. The molecule has 1 aromatic carbocycles. The van der Waals surface area contributed by atoms with E-state index in [1.165, 1.54) is 6.07 Å². The molecule has 3 nitrogen and oxygen atoms in total. The molecule has 1 heterocycles. The molecule has 1 atom stereocenters. The fourth-order valence-electron chi connectivity index (χ4n) is 2.07. The summed E-state index contributed by atoms with van der Waals surface area (Å²) in [7, 11) is 1.87. The summed E-state index contributed by atoms with van der Waals surface area (Å²) in [5.74, 6) is -0.363. The fourth-order valence-corrected chi connectivity index (χ4v) is 2.23. The Hall–Kier alpha value is -1.39. The lowest BCUT2D eigenvalue weighted by Crippen LogP contribution is -2.16. The van der Waals surface area contributed by atoms with Gasteiger partial charge in [-0.1, -0.05) is 24.6 Å². The fraction of sp³-hybridized carbons (Fsp3) is 0.357. The van der Waals surface area contributed by atoms with Crippen molar-refractivity contribution in [3.8, 4) is 0 Å². The van der Waals surface area contributed by atoms with Crippen LogP contribution in [0.25, 0.3) is 0 Å². The van der Waals surface area contributed by atoms with Crippen LogP contribution in [0.15, 0.2) is 24.3 Å². The van der Waals surface area contributed by atoms with E-state index in [1.807, 2.05) is 20.0 Å². The number of halogens is 2. The third kappa shape index (κ3) is 3.14. The second-order valence-corrected chi connectivity index (χ2v) is 5.02. The highest BCUT2D eigenvalue weighted by Crippen LogP contribution is 2.22. The summed E-state index contributed by atoms with van der Waals surface area (Å²) in [4.78, 5) is 0. The van der Waals surface area contributed by atoms with Crippen molar-refractivity contribution in [3.05, 3.63) is 52.1 Å². The molecule has 0 fully saturated rings. The number of benzene rings is 1. The van der Waals surface area contributed by atoms with Crippen LogP contribution in [0.2, 0.25) is 5.02 Å². The van der Waals surface area contributed by atoms with Crippen molar-refractivity contribution < 1.29 is 4.39 Å². The van der Waals surface area contributed by atoms with Crippen LogP contribution in [0.4, 0.5) is 4.39 Å². The zero-order chi connectivity index (χ0) is 14.0. The van der Waals surface area contributed by atoms with Gasteiger partial charge >= 0.3 is 0 Å². The van der Waals surface area contributed by atoms with E-state index in [1.54, 1.807) is 16.8 Å². The summed E-state index contributed by atoms with van der Waals surface area (Å²) in [6.07, 6.45) is 1.42. The van der Waals surface area contributed by atoms with E-state index in [0.717, 1.165) is 17.8 Å². The molecule has 2 aromatic rings. The smallest absolute Gasteiger partial charge is 0.129 e. The Morgan fingerprint density at radius 2 is 2.16 bits per heavy atom. The van der Waals surface area contributed by atoms with Crippen LogP contribution in [0.5, 0.6) is 0 Å². The number of hydrogen-bond acceptors (Lipinski definition) is 2. The summed E-state index contributed by atoms with van der Waals surface area (Å²) in [5.41, 5.74) is 8.56. The van der Waals surface area contributed by atoms with Crippen LogP contribution in [0, 0.1) is 5.82 Å². The predicted octanol–water partition coefficient (Wildman–Crippen LogP) is 3.02. The highest BCUT2D eigenvalue weighted by molar-refractivity contribution is 6.30. The number of aromatic nitrogens is 2. The van der Waals surface area contributed by atoms with Crippen LogP contribution in [-0.4, -0.2) is 9.78 Å². The summed E-state index contributed by atoms with van der Waals surface area (Å²) < 4.78 is 15.6. The zero-order valence-corrected chi connectivity index (χ0v) is 11.8. The molecule has 0 saturated heterocycles. The molecule has 2 rings (SSSR count). The van der Waals surface area contributed by atoms with Gasteiger partial charge in [0, 0.05) is 35.8 Å². The molecule has 1 unspecified atom stereocenters. The van der Waals surface area contributed by atoms with Gasteiger partial charge in [0.15, 0.2) is 0 Å². The van der Waals surface area contributed by atoms with Crippen LogP contribution in [0.1, 0.15) is 29.9 Å². The summed E-state index contributed by atoms with van der Waals surface area (Å²) in [6.45, 7) is 2.05. The van der Waals surface area contributed by atoms with Crippen molar-refractivity contribution in [2.45, 2.75) is 25.8 Å². The first kappa shape index (κ1) is 14.0. The summed E-state index contributed by atoms with van der Waals surface area (Å²) in [6, 6.07) is 6.18. The second kappa shape index (κ2) is 5.72. The SMILES string of the molecule is CCc1cc(CC(N)c2ccc(Cl)cc2F)n(C)n1. The van der Waals surface area contributed by atoms with E-state index < -0.39 is 6.04 Å². The van der Waals surface area contributed by atoms with E-state index >= 15 is 0 Å². The first-order valence-corrected chi connectivity index (χ1v) is 6.61. The number of aryl methyl sites for hydroxylation is 2. The summed E-state index contributed by atoms with van der Waals surface area (Å²) >= 11 is 5.73. The van der Waals surface area contributed by atoms with Gasteiger partial charge in [0.05, 0.1) is 5.69 Å². The molecule has 0 aliphatic carbocycles. The van der Waals surface area contributed by atoms with Gasteiger partial charge in [0.2, 0.25) is 0 Å². The highest BCUT2D eigenvalue weighted by atomic mass is 35.5. The molecule has 0 aliphatic rings. The predicted molar refractivity (Wildman–Crippen MR) is 74.6 cm³/mol. The van der Waals surface area contributed by atoms with Crippen molar-refractivity contribution in [3.63, 3.8) is 0 Å². The molecule has 0 aliphatic heterocycles. The van der Waals surface area contributed by atoms with Gasteiger partial charge in [-0.3, -0.25) is 4.68 Å². The topological polar surface area (TPSA) is 43.8 Å². The number of nitrogens with zero attached hydrogens (tertiary/aromatic N) is 2. The molecular weight excluding hydrogens is 265 g/mol. The van der Waals surface area contributed by atoms with E-state index in [4.69, 9.17) is 17.3 Å². The quantitative estimate of drug-likeness (QED) is 0.936. The lowest BCUT2D eigenvalue weighted by Gasteiger charge is -2.13. The number of hydrogen-bond donors (Lipinski definition) is 1. The van der Waals surface area contributed by atoms with Crippen molar-refractivity contribution in [1.82, 2.24) is 9.78 Å². The Bertz CT molecular complexity index is 580. The average Bonchev–Trinajstić information content (AvgIpc) is 2.70. The van der Waals surface area contributed by atoms with E-state index in [0.29, 0.717) is 17.0 Å². The third-order valence-electron chi connectivity index (χ3n) is 3.18. The summed E-state index contributed by atoms with van der Waals surface area (Å²) in [5, 5.41) is 4.74. The number of rotatable bonds is 4. The molecule has 19 heavy (non-hydrogen) atoms. The minimum Gasteiger partial charge on any atom is -0.324 e. The van der Waals surface area contributed by atoms with Crippen LogP contribution in [0.3, 0.4) is 0 Å². The molecule has 0 radical (unpaired) electrons. The average molecular weight is 282 g/mol. The molecule has 5 heteroatoms. The normalized spacial score (nSPS) is 12.7. The van der Waals surface area contributed by atoms with Gasteiger partial charge in [-0.15, -0.1) is 0 Å². The van der Waals surface area contributed by atoms with Crippen LogP contribution < -0.4 is 5.73 Å². The van der Waals surface area contributed by atoms with Crippen molar-refractivity contribution in [2.75, 3.05) is 0 Å². The minimum absolute atomic E-state index is 0.363. The maximum absolute atomic E-state index is 13.8. The maximum atomic E-state index is 13.8. The Balaban J connectivity index is 2.20. The van der Waals surface area contributed by atoms with Gasteiger partial charge in [-0.2, -0.15) is 5.10 Å². The Morgan fingerprint density at radius 3 is 2.74 bits per heavy atom. The molecule has 0 saturated carbocycles. The Kier molecular flexibility index (Phi) is 4.22. The highest BCUT2D eigenvalue weighted by Gasteiger charge is 2.15.